The van der Waals surface area contributed by atoms with E-state index in [1.54, 1.807) is 12.4 Å². The van der Waals surface area contributed by atoms with Gasteiger partial charge in [-0.15, -0.1) is 0 Å². The smallest absolute Gasteiger partial charge is 0.170 e. The van der Waals surface area contributed by atoms with E-state index in [0.717, 1.165) is 22.3 Å². The van der Waals surface area contributed by atoms with Crippen LogP contribution in [0.2, 0.25) is 0 Å². The fraction of sp³-hybridized carbons (Fsp3) is 0.133. The van der Waals surface area contributed by atoms with Crippen LogP contribution >= 0.6 is 0 Å². The highest BCUT2D eigenvalue weighted by Gasteiger charge is 2.12. The van der Waals surface area contributed by atoms with Crippen molar-refractivity contribution in [1.29, 1.82) is 0 Å². The maximum atomic E-state index is 8.99. The van der Waals surface area contributed by atoms with E-state index in [9.17, 15) is 0 Å². The SMILES string of the molecule is Cc1ncn(-c2cc(C(N)=NO)c3ccccc3n2)c1C. The molecule has 0 unspecified atom stereocenters. The maximum absolute atomic E-state index is 8.99. The normalized spacial score (nSPS) is 12.0. The van der Waals surface area contributed by atoms with Crippen molar-refractivity contribution in [2.24, 2.45) is 10.9 Å². The number of hydrogen-bond donors (Lipinski definition) is 2. The third-order valence-corrected chi connectivity index (χ3v) is 3.58. The summed E-state index contributed by atoms with van der Waals surface area (Å²) in [7, 11) is 0. The molecule has 3 N–H and O–H groups in total. The summed E-state index contributed by atoms with van der Waals surface area (Å²) in [6.45, 7) is 3.92. The molecular formula is C15H15N5O. The molecule has 0 aliphatic rings. The van der Waals surface area contributed by atoms with Gasteiger partial charge < -0.3 is 10.9 Å². The van der Waals surface area contributed by atoms with Crippen molar-refractivity contribution in [3.63, 3.8) is 0 Å². The number of imidazole rings is 1. The highest BCUT2D eigenvalue weighted by Crippen LogP contribution is 2.21. The lowest BCUT2D eigenvalue weighted by atomic mass is 10.1. The topological polar surface area (TPSA) is 89.3 Å². The minimum Gasteiger partial charge on any atom is -0.409 e. The van der Waals surface area contributed by atoms with Gasteiger partial charge in [-0.05, 0) is 26.0 Å². The number of pyridine rings is 1. The molecule has 0 fully saturated rings. The lowest BCUT2D eigenvalue weighted by Crippen LogP contribution is -2.15. The number of aromatic nitrogens is 3. The van der Waals surface area contributed by atoms with Gasteiger partial charge in [0, 0.05) is 16.6 Å². The number of hydrogen-bond acceptors (Lipinski definition) is 4. The van der Waals surface area contributed by atoms with Crippen molar-refractivity contribution in [1.82, 2.24) is 14.5 Å². The zero-order valence-corrected chi connectivity index (χ0v) is 11.8. The Morgan fingerprint density at radius 2 is 2.05 bits per heavy atom. The third kappa shape index (κ3) is 2.10. The van der Waals surface area contributed by atoms with Crippen LogP contribution in [0, 0.1) is 13.8 Å². The van der Waals surface area contributed by atoms with Crippen molar-refractivity contribution >= 4 is 16.7 Å². The largest absolute Gasteiger partial charge is 0.409 e. The molecule has 0 spiro atoms. The molecule has 1 aromatic carbocycles. The Labute approximate surface area is 121 Å². The Bertz CT molecular complexity index is 850. The number of aryl methyl sites for hydroxylation is 1. The Hall–Kier alpha value is -2.89. The van der Waals surface area contributed by atoms with Crippen molar-refractivity contribution in [3.8, 4) is 5.82 Å². The van der Waals surface area contributed by atoms with Gasteiger partial charge in [-0.2, -0.15) is 0 Å². The zero-order chi connectivity index (χ0) is 15.0. The van der Waals surface area contributed by atoms with E-state index in [1.807, 2.05) is 42.7 Å². The monoisotopic (exact) mass is 281 g/mol. The summed E-state index contributed by atoms with van der Waals surface area (Å²) < 4.78 is 1.88. The lowest BCUT2D eigenvalue weighted by molar-refractivity contribution is 0.318. The number of benzene rings is 1. The fourth-order valence-electron chi connectivity index (χ4n) is 2.28. The Morgan fingerprint density at radius 3 is 2.71 bits per heavy atom. The van der Waals surface area contributed by atoms with Gasteiger partial charge in [-0.25, -0.2) is 9.97 Å². The average Bonchev–Trinajstić information content (AvgIpc) is 2.85. The number of amidine groups is 1. The second kappa shape index (κ2) is 4.90. The minimum absolute atomic E-state index is 0.0596. The fourth-order valence-corrected chi connectivity index (χ4v) is 2.28. The van der Waals surface area contributed by atoms with E-state index in [2.05, 4.69) is 15.1 Å². The molecule has 0 aliphatic carbocycles. The molecule has 0 atom stereocenters. The van der Waals surface area contributed by atoms with Crippen LogP contribution in [0.25, 0.3) is 16.7 Å². The van der Waals surface area contributed by atoms with Crippen molar-refractivity contribution in [3.05, 3.63) is 53.6 Å². The van der Waals surface area contributed by atoms with Crippen LogP contribution in [-0.4, -0.2) is 25.6 Å². The first-order chi connectivity index (χ1) is 10.1. The number of fused-ring (bicyclic) bond motifs is 1. The quantitative estimate of drug-likeness (QED) is 0.326. The van der Waals surface area contributed by atoms with E-state index in [1.165, 1.54) is 0 Å². The third-order valence-electron chi connectivity index (χ3n) is 3.58. The summed E-state index contributed by atoms with van der Waals surface area (Å²) in [5.41, 5.74) is 9.16. The average molecular weight is 281 g/mol. The van der Waals surface area contributed by atoms with Crippen molar-refractivity contribution < 1.29 is 5.21 Å². The molecule has 0 radical (unpaired) electrons. The minimum atomic E-state index is 0.0596. The van der Waals surface area contributed by atoms with Crippen LogP contribution < -0.4 is 5.73 Å². The van der Waals surface area contributed by atoms with Gasteiger partial charge in [0.05, 0.1) is 11.2 Å². The standard InChI is InChI=1S/C15H15N5O/c1-9-10(2)20(8-17-9)14-7-12(15(16)19-21)11-5-3-4-6-13(11)18-14/h3-8,21H,1-2H3,(H2,16,19). The lowest BCUT2D eigenvalue weighted by Gasteiger charge is -2.10. The molecule has 6 heteroatoms. The summed E-state index contributed by atoms with van der Waals surface area (Å²) in [6.07, 6.45) is 1.72. The molecule has 3 rings (SSSR count). The van der Waals surface area contributed by atoms with Crippen LogP contribution in [0.15, 0.2) is 41.8 Å². The molecule has 21 heavy (non-hydrogen) atoms. The predicted octanol–water partition coefficient (Wildman–Crippen LogP) is 2.13. The highest BCUT2D eigenvalue weighted by molar-refractivity contribution is 6.08. The van der Waals surface area contributed by atoms with E-state index < -0.39 is 0 Å². The molecular weight excluding hydrogens is 266 g/mol. The highest BCUT2D eigenvalue weighted by atomic mass is 16.4. The van der Waals surface area contributed by atoms with E-state index in [-0.39, 0.29) is 5.84 Å². The first kappa shape index (κ1) is 13.1. The van der Waals surface area contributed by atoms with E-state index >= 15 is 0 Å². The molecule has 0 aliphatic heterocycles. The number of para-hydroxylation sites is 1. The first-order valence-corrected chi connectivity index (χ1v) is 6.50. The summed E-state index contributed by atoms with van der Waals surface area (Å²) in [5.74, 6) is 0.748. The maximum Gasteiger partial charge on any atom is 0.170 e. The molecule has 3 aromatic rings. The van der Waals surface area contributed by atoms with Crippen LogP contribution in [0.5, 0.6) is 0 Å². The molecule has 2 heterocycles. The van der Waals surface area contributed by atoms with Crippen LogP contribution in [-0.2, 0) is 0 Å². The second-order valence-electron chi connectivity index (χ2n) is 4.82. The van der Waals surface area contributed by atoms with Gasteiger partial charge in [-0.3, -0.25) is 4.57 Å². The number of oxime groups is 1. The molecule has 0 bridgehead atoms. The second-order valence-corrected chi connectivity index (χ2v) is 4.82. The van der Waals surface area contributed by atoms with Crippen molar-refractivity contribution in [2.45, 2.75) is 13.8 Å². The van der Waals surface area contributed by atoms with Gasteiger partial charge in [0.1, 0.15) is 12.1 Å². The van der Waals surface area contributed by atoms with Gasteiger partial charge in [0.2, 0.25) is 0 Å². The van der Waals surface area contributed by atoms with Crippen LogP contribution in [0.4, 0.5) is 0 Å². The van der Waals surface area contributed by atoms with E-state index in [0.29, 0.717) is 11.4 Å². The molecule has 0 amide bonds. The van der Waals surface area contributed by atoms with E-state index in [4.69, 9.17) is 10.9 Å². The number of nitrogens with zero attached hydrogens (tertiary/aromatic N) is 4. The predicted molar refractivity (Wildman–Crippen MR) is 80.8 cm³/mol. The summed E-state index contributed by atoms with van der Waals surface area (Å²) in [4.78, 5) is 8.91. The molecule has 0 saturated heterocycles. The van der Waals surface area contributed by atoms with Crippen LogP contribution in [0.1, 0.15) is 17.0 Å². The summed E-state index contributed by atoms with van der Waals surface area (Å²) >= 11 is 0. The molecule has 106 valence electrons. The Morgan fingerprint density at radius 1 is 1.29 bits per heavy atom. The van der Waals surface area contributed by atoms with Crippen LogP contribution in [0.3, 0.4) is 0 Å². The molecule has 2 aromatic heterocycles. The van der Waals surface area contributed by atoms with Crippen molar-refractivity contribution in [2.75, 3.05) is 0 Å². The van der Waals surface area contributed by atoms with Gasteiger partial charge in [0.25, 0.3) is 0 Å². The van der Waals surface area contributed by atoms with Gasteiger partial charge in [-0.1, -0.05) is 23.4 Å². The first-order valence-electron chi connectivity index (χ1n) is 6.50. The Balaban J connectivity index is 2.33. The van der Waals surface area contributed by atoms with Gasteiger partial charge >= 0.3 is 0 Å². The Kier molecular flexibility index (Phi) is 3.06. The molecule has 0 saturated carbocycles. The summed E-state index contributed by atoms with van der Waals surface area (Å²) in [5, 5.41) is 12.9. The zero-order valence-electron chi connectivity index (χ0n) is 11.8. The number of rotatable bonds is 2. The molecule has 6 nitrogen and oxygen atoms in total. The van der Waals surface area contributed by atoms with Gasteiger partial charge in [0.15, 0.2) is 5.84 Å². The number of nitrogens with two attached hydrogens (primary N) is 1. The summed E-state index contributed by atoms with van der Waals surface area (Å²) in [6, 6.07) is 9.38.